The quantitative estimate of drug-likeness (QED) is 0.558. The molecule has 0 spiro atoms. The summed E-state index contributed by atoms with van der Waals surface area (Å²) in [5, 5.41) is 22.6. The summed E-state index contributed by atoms with van der Waals surface area (Å²) < 4.78 is 0. The van der Waals surface area contributed by atoms with E-state index in [1.165, 1.54) is 18.2 Å². The molecular weight excluding hydrogens is 336 g/mol. The van der Waals surface area contributed by atoms with Gasteiger partial charge in [0, 0.05) is 30.2 Å². The fraction of sp³-hybridized carbons (Fsp3) is 0.263. The third kappa shape index (κ3) is 5.41. The second-order valence-corrected chi connectivity index (χ2v) is 6.05. The Balaban J connectivity index is 2.14. The van der Waals surface area contributed by atoms with Crippen LogP contribution in [0.4, 0.5) is 5.69 Å². The largest absolute Gasteiger partial charge is 0.481 e. The molecule has 0 radical (unpaired) electrons. The normalized spacial score (nSPS) is 11.6. The maximum atomic E-state index is 12.6. The lowest BCUT2D eigenvalue weighted by molar-refractivity contribution is -0.384. The topological polar surface area (TPSA) is 110 Å². The van der Waals surface area contributed by atoms with E-state index in [1.54, 1.807) is 6.92 Å². The van der Waals surface area contributed by atoms with Crippen LogP contribution in [0, 0.1) is 17.0 Å². The van der Waals surface area contributed by atoms with Gasteiger partial charge >= 0.3 is 5.97 Å². The molecule has 0 aliphatic heterocycles. The van der Waals surface area contributed by atoms with Crippen LogP contribution in [0.2, 0.25) is 0 Å². The Labute approximate surface area is 150 Å². The van der Waals surface area contributed by atoms with E-state index in [4.69, 9.17) is 5.11 Å². The van der Waals surface area contributed by atoms with Crippen LogP contribution in [0.3, 0.4) is 0 Å². The number of rotatable bonds is 8. The Hall–Kier alpha value is -3.22. The molecule has 2 aromatic rings. The van der Waals surface area contributed by atoms with Crippen molar-refractivity contribution in [2.24, 2.45) is 0 Å². The molecule has 7 heteroatoms. The average molecular weight is 356 g/mol. The minimum atomic E-state index is -0.927. The number of amides is 1. The minimum Gasteiger partial charge on any atom is -0.481 e. The van der Waals surface area contributed by atoms with Crippen LogP contribution < -0.4 is 5.32 Å². The zero-order valence-electron chi connectivity index (χ0n) is 14.3. The number of carbonyl (C=O) groups is 2. The Morgan fingerprint density at radius 1 is 1.19 bits per heavy atom. The first-order valence-corrected chi connectivity index (χ1v) is 8.18. The van der Waals surface area contributed by atoms with Gasteiger partial charge in [-0.1, -0.05) is 30.3 Å². The van der Waals surface area contributed by atoms with E-state index < -0.39 is 10.9 Å². The standard InChI is InChI=1S/C19H20N2O5/c1-13-11-16(21(25)26)8-9-17(13)19(24)20-15(7-10-18(22)23)12-14-5-3-2-4-6-14/h2-6,8-9,11,15H,7,10,12H2,1H3,(H,20,24)(H,22,23). The van der Waals surface area contributed by atoms with Crippen molar-refractivity contribution in [3.05, 3.63) is 75.3 Å². The first kappa shape index (κ1) is 19.1. The van der Waals surface area contributed by atoms with Gasteiger partial charge in [-0.15, -0.1) is 0 Å². The molecule has 0 heterocycles. The molecule has 0 fully saturated rings. The summed E-state index contributed by atoms with van der Waals surface area (Å²) >= 11 is 0. The Morgan fingerprint density at radius 2 is 1.88 bits per heavy atom. The van der Waals surface area contributed by atoms with Crippen molar-refractivity contribution in [3.63, 3.8) is 0 Å². The number of hydrogen-bond donors (Lipinski definition) is 2. The number of carboxylic acid groups (broad SMARTS) is 1. The summed E-state index contributed by atoms with van der Waals surface area (Å²) in [4.78, 5) is 33.8. The van der Waals surface area contributed by atoms with Gasteiger partial charge in [0.1, 0.15) is 0 Å². The van der Waals surface area contributed by atoms with Crippen molar-refractivity contribution in [1.82, 2.24) is 5.32 Å². The molecular formula is C19H20N2O5. The highest BCUT2D eigenvalue weighted by atomic mass is 16.6. The molecule has 2 rings (SSSR count). The zero-order chi connectivity index (χ0) is 19.1. The maximum Gasteiger partial charge on any atom is 0.303 e. The number of non-ortho nitro benzene ring substituents is 1. The van der Waals surface area contributed by atoms with Crippen LogP contribution in [0.1, 0.15) is 34.3 Å². The maximum absolute atomic E-state index is 12.6. The first-order valence-electron chi connectivity index (χ1n) is 8.18. The molecule has 1 unspecified atom stereocenters. The van der Waals surface area contributed by atoms with Crippen molar-refractivity contribution in [1.29, 1.82) is 0 Å². The number of nitro benzene ring substituents is 1. The third-order valence-electron chi connectivity index (χ3n) is 4.03. The lowest BCUT2D eigenvalue weighted by atomic mass is 10.0. The molecule has 1 atom stereocenters. The number of aliphatic carboxylic acids is 1. The molecule has 7 nitrogen and oxygen atoms in total. The highest BCUT2D eigenvalue weighted by molar-refractivity contribution is 5.96. The summed E-state index contributed by atoms with van der Waals surface area (Å²) in [6.07, 6.45) is 0.741. The molecule has 0 bridgehead atoms. The molecule has 2 aromatic carbocycles. The molecule has 0 aliphatic rings. The van der Waals surface area contributed by atoms with Crippen molar-refractivity contribution >= 4 is 17.6 Å². The molecule has 0 aromatic heterocycles. The number of nitrogens with one attached hydrogen (secondary N) is 1. The highest BCUT2D eigenvalue weighted by Crippen LogP contribution is 2.18. The molecule has 0 saturated carbocycles. The lowest BCUT2D eigenvalue weighted by Crippen LogP contribution is -2.37. The fourth-order valence-electron chi connectivity index (χ4n) is 2.70. The monoisotopic (exact) mass is 356 g/mol. The number of nitro groups is 1. The summed E-state index contributed by atoms with van der Waals surface area (Å²) in [5.41, 5.74) is 1.74. The van der Waals surface area contributed by atoms with Gasteiger partial charge in [0.25, 0.3) is 11.6 Å². The van der Waals surface area contributed by atoms with E-state index in [2.05, 4.69) is 5.32 Å². The Bertz CT molecular complexity index is 805. The summed E-state index contributed by atoms with van der Waals surface area (Å²) in [5.74, 6) is -1.30. The van der Waals surface area contributed by atoms with Gasteiger partial charge in [-0.05, 0) is 37.0 Å². The van der Waals surface area contributed by atoms with E-state index in [0.717, 1.165) is 5.56 Å². The minimum absolute atomic E-state index is 0.0585. The smallest absolute Gasteiger partial charge is 0.303 e. The molecule has 26 heavy (non-hydrogen) atoms. The van der Waals surface area contributed by atoms with E-state index in [0.29, 0.717) is 24.0 Å². The highest BCUT2D eigenvalue weighted by Gasteiger charge is 2.18. The van der Waals surface area contributed by atoms with E-state index >= 15 is 0 Å². The SMILES string of the molecule is Cc1cc([N+](=O)[O-])ccc1C(=O)NC(CCC(=O)O)Cc1ccccc1. The second-order valence-electron chi connectivity index (χ2n) is 6.05. The van der Waals surface area contributed by atoms with Gasteiger partial charge in [0.15, 0.2) is 0 Å². The Morgan fingerprint density at radius 3 is 2.46 bits per heavy atom. The van der Waals surface area contributed by atoms with Crippen LogP contribution in [-0.4, -0.2) is 27.9 Å². The van der Waals surface area contributed by atoms with Gasteiger partial charge in [0.05, 0.1) is 4.92 Å². The first-order chi connectivity index (χ1) is 12.4. The van der Waals surface area contributed by atoms with Crippen LogP contribution in [-0.2, 0) is 11.2 Å². The van der Waals surface area contributed by atoms with E-state index in [-0.39, 0.29) is 24.1 Å². The van der Waals surface area contributed by atoms with Crippen molar-refractivity contribution < 1.29 is 19.6 Å². The van der Waals surface area contributed by atoms with Crippen LogP contribution in [0.5, 0.6) is 0 Å². The van der Waals surface area contributed by atoms with E-state index in [9.17, 15) is 19.7 Å². The van der Waals surface area contributed by atoms with Crippen molar-refractivity contribution in [3.8, 4) is 0 Å². The van der Waals surface area contributed by atoms with Gasteiger partial charge < -0.3 is 10.4 Å². The van der Waals surface area contributed by atoms with Gasteiger partial charge in [-0.3, -0.25) is 19.7 Å². The van der Waals surface area contributed by atoms with Gasteiger partial charge in [-0.2, -0.15) is 0 Å². The van der Waals surface area contributed by atoms with Gasteiger partial charge in [0.2, 0.25) is 0 Å². The molecule has 136 valence electrons. The fourth-order valence-corrected chi connectivity index (χ4v) is 2.70. The van der Waals surface area contributed by atoms with Crippen molar-refractivity contribution in [2.75, 3.05) is 0 Å². The number of nitrogens with zero attached hydrogens (tertiary/aromatic N) is 1. The summed E-state index contributed by atoms with van der Waals surface area (Å²) in [6, 6.07) is 13.2. The number of benzene rings is 2. The number of aryl methyl sites for hydroxylation is 1. The molecule has 0 saturated heterocycles. The predicted molar refractivity (Wildman–Crippen MR) is 96.1 cm³/mol. The zero-order valence-corrected chi connectivity index (χ0v) is 14.3. The summed E-state index contributed by atoms with van der Waals surface area (Å²) in [6.45, 7) is 1.63. The number of hydrogen-bond acceptors (Lipinski definition) is 4. The molecule has 1 amide bonds. The summed E-state index contributed by atoms with van der Waals surface area (Å²) in [7, 11) is 0. The lowest BCUT2D eigenvalue weighted by Gasteiger charge is -2.19. The molecule has 0 aliphatic carbocycles. The van der Waals surface area contributed by atoms with Crippen molar-refractivity contribution in [2.45, 2.75) is 32.2 Å². The number of carboxylic acids is 1. The Kier molecular flexibility index (Phi) is 6.43. The number of carbonyl (C=O) groups excluding carboxylic acids is 1. The average Bonchev–Trinajstić information content (AvgIpc) is 2.60. The van der Waals surface area contributed by atoms with Gasteiger partial charge in [-0.25, -0.2) is 0 Å². The van der Waals surface area contributed by atoms with Crippen LogP contribution >= 0.6 is 0 Å². The molecule has 2 N–H and O–H groups in total. The van der Waals surface area contributed by atoms with Crippen LogP contribution in [0.15, 0.2) is 48.5 Å². The second kappa shape index (κ2) is 8.75. The van der Waals surface area contributed by atoms with E-state index in [1.807, 2.05) is 30.3 Å². The predicted octanol–water partition coefficient (Wildman–Crippen LogP) is 3.11. The third-order valence-corrected chi connectivity index (χ3v) is 4.03. The van der Waals surface area contributed by atoms with Crippen LogP contribution in [0.25, 0.3) is 0 Å².